The predicted molar refractivity (Wildman–Crippen MR) is 224 cm³/mol. The normalized spacial score (nSPS) is 14.6. The Bertz CT molecular complexity index is 2930. The van der Waals surface area contributed by atoms with Gasteiger partial charge in [-0.2, -0.15) is 0 Å². The fraction of sp³-hybridized carbons (Fsp3) is 0.0370. The lowest BCUT2D eigenvalue weighted by atomic mass is 9.65. The van der Waals surface area contributed by atoms with Crippen molar-refractivity contribution >= 4 is 10.8 Å². The van der Waals surface area contributed by atoms with Gasteiger partial charge in [-0.1, -0.05) is 182 Å². The van der Waals surface area contributed by atoms with E-state index < -0.39 is 10.8 Å². The van der Waals surface area contributed by atoms with Gasteiger partial charge >= 0.3 is 0 Å². The molecule has 2 aliphatic carbocycles. The van der Waals surface area contributed by atoms with Gasteiger partial charge in [0.25, 0.3) is 0 Å². The number of hydrogen-bond acceptors (Lipinski definition) is 1. The Morgan fingerprint density at radius 1 is 0.309 bits per heavy atom. The number of para-hydroxylation sites is 1. The van der Waals surface area contributed by atoms with E-state index in [2.05, 4.69) is 206 Å². The molecule has 1 spiro atoms. The molecule has 0 aromatic heterocycles. The van der Waals surface area contributed by atoms with Crippen molar-refractivity contribution in [3.8, 4) is 44.9 Å². The van der Waals surface area contributed by atoms with Gasteiger partial charge in [0.05, 0.1) is 10.8 Å². The Morgan fingerprint density at radius 3 is 1.53 bits per heavy atom. The molecule has 9 aromatic carbocycles. The highest BCUT2D eigenvalue weighted by molar-refractivity contribution is 6.01. The lowest BCUT2D eigenvalue weighted by Crippen LogP contribution is -2.32. The summed E-state index contributed by atoms with van der Waals surface area (Å²) in [5.74, 6) is 1.81. The van der Waals surface area contributed by atoms with E-state index in [1.807, 2.05) is 0 Å². The van der Waals surface area contributed by atoms with Crippen LogP contribution in [0.2, 0.25) is 0 Å². The first-order valence-corrected chi connectivity index (χ1v) is 19.2. The van der Waals surface area contributed by atoms with Crippen LogP contribution in [0.5, 0.6) is 11.5 Å². The number of rotatable bonds is 3. The summed E-state index contributed by atoms with van der Waals surface area (Å²) in [6.07, 6.45) is 0. The van der Waals surface area contributed by atoms with Crippen molar-refractivity contribution in [1.82, 2.24) is 0 Å². The Kier molecular flexibility index (Phi) is 6.25. The predicted octanol–water partition coefficient (Wildman–Crippen LogP) is 13.3. The molecule has 0 fully saturated rings. The highest BCUT2D eigenvalue weighted by Crippen LogP contribution is 2.63. The minimum absolute atomic E-state index is 0.517. The van der Waals surface area contributed by atoms with E-state index in [9.17, 15) is 0 Å². The Morgan fingerprint density at radius 2 is 0.818 bits per heavy atom. The number of hydrogen-bond donors (Lipinski definition) is 0. The van der Waals surface area contributed by atoms with Gasteiger partial charge in [0.2, 0.25) is 0 Å². The molecule has 3 aliphatic rings. The third kappa shape index (κ3) is 3.92. The Balaban J connectivity index is 1.14. The number of benzene rings is 9. The largest absolute Gasteiger partial charge is 0.457 e. The summed E-state index contributed by atoms with van der Waals surface area (Å²) in [5, 5.41) is 2.54. The van der Waals surface area contributed by atoms with Crippen molar-refractivity contribution in [2.75, 3.05) is 0 Å². The molecule has 0 bridgehead atoms. The fourth-order valence-corrected chi connectivity index (χ4v) is 10.5. The highest BCUT2D eigenvalue weighted by atomic mass is 16.5. The molecular formula is C54H34O. The van der Waals surface area contributed by atoms with Crippen molar-refractivity contribution in [2.24, 2.45) is 0 Å². The van der Waals surface area contributed by atoms with Crippen LogP contribution in [0.25, 0.3) is 44.2 Å². The summed E-state index contributed by atoms with van der Waals surface area (Å²) in [4.78, 5) is 0. The average molecular weight is 699 g/mol. The van der Waals surface area contributed by atoms with Crippen molar-refractivity contribution < 1.29 is 4.74 Å². The smallest absolute Gasteiger partial charge is 0.132 e. The average Bonchev–Trinajstić information content (AvgIpc) is 3.73. The second kappa shape index (κ2) is 11.3. The van der Waals surface area contributed by atoms with Gasteiger partial charge in [-0.3, -0.25) is 0 Å². The summed E-state index contributed by atoms with van der Waals surface area (Å²) in [6.45, 7) is 0. The minimum atomic E-state index is -0.523. The van der Waals surface area contributed by atoms with Gasteiger partial charge in [-0.25, -0.2) is 0 Å². The molecule has 0 saturated heterocycles. The van der Waals surface area contributed by atoms with Crippen LogP contribution in [0.15, 0.2) is 206 Å². The topological polar surface area (TPSA) is 9.23 Å². The van der Waals surface area contributed by atoms with Crippen molar-refractivity contribution in [3.05, 3.63) is 251 Å². The molecule has 0 unspecified atom stereocenters. The molecule has 256 valence electrons. The van der Waals surface area contributed by atoms with Gasteiger partial charge in [-0.05, 0) is 102 Å². The lowest BCUT2D eigenvalue weighted by Gasteiger charge is -2.39. The minimum Gasteiger partial charge on any atom is -0.457 e. The van der Waals surface area contributed by atoms with Crippen molar-refractivity contribution in [3.63, 3.8) is 0 Å². The second-order valence-electron chi connectivity index (χ2n) is 15.1. The second-order valence-corrected chi connectivity index (χ2v) is 15.1. The van der Waals surface area contributed by atoms with Crippen LogP contribution in [0, 0.1) is 0 Å². The highest BCUT2D eigenvalue weighted by Gasteiger charge is 2.51. The van der Waals surface area contributed by atoms with Crippen LogP contribution >= 0.6 is 0 Å². The molecule has 0 radical (unpaired) electrons. The summed E-state index contributed by atoms with van der Waals surface area (Å²) in [6, 6.07) is 76.3. The summed E-state index contributed by atoms with van der Waals surface area (Å²) >= 11 is 0. The standard InChI is InChI=1S/C54H34O/c1-3-16-38(17-4-1)53(39-18-5-2-6-19-39)48-33-36(28-30-43(48)44-31-27-35-15-7-8-20-40(35)52(44)53)37-29-32-51-49(34-37)54(47-25-13-14-26-50(47)55-51)45-23-11-9-21-41(45)42-22-10-12-24-46(42)54/h1-34H. The van der Waals surface area contributed by atoms with E-state index in [0.29, 0.717) is 0 Å². The van der Waals surface area contributed by atoms with Crippen molar-refractivity contribution in [1.29, 1.82) is 0 Å². The van der Waals surface area contributed by atoms with Crippen LogP contribution in [-0.4, -0.2) is 0 Å². The summed E-state index contributed by atoms with van der Waals surface area (Å²) in [5.41, 5.74) is 16.6. The maximum absolute atomic E-state index is 6.79. The van der Waals surface area contributed by atoms with Gasteiger partial charge in [0.1, 0.15) is 11.5 Å². The first kappa shape index (κ1) is 30.5. The molecule has 0 atom stereocenters. The molecule has 1 nitrogen and oxygen atoms in total. The van der Waals surface area contributed by atoms with E-state index in [4.69, 9.17) is 4.74 Å². The fourth-order valence-electron chi connectivity index (χ4n) is 10.5. The SMILES string of the molecule is c1ccc(C2(c3ccccc3)c3cc(-c4ccc5c(c4)C4(c6ccccc6O5)c5ccccc5-c5ccccc54)ccc3-c3ccc4ccccc4c32)cc1. The molecule has 12 rings (SSSR count). The first-order chi connectivity index (χ1) is 27.3. The van der Waals surface area contributed by atoms with Gasteiger partial charge < -0.3 is 4.74 Å². The Labute approximate surface area is 320 Å². The van der Waals surface area contributed by atoms with Crippen LogP contribution < -0.4 is 4.74 Å². The molecule has 1 heterocycles. The Hall–Kier alpha value is -6.96. The van der Waals surface area contributed by atoms with E-state index >= 15 is 0 Å². The molecule has 1 aliphatic heterocycles. The van der Waals surface area contributed by atoms with Crippen LogP contribution in [-0.2, 0) is 10.8 Å². The molecule has 1 heteroatoms. The van der Waals surface area contributed by atoms with Gasteiger partial charge in [0.15, 0.2) is 0 Å². The maximum Gasteiger partial charge on any atom is 0.132 e. The third-order valence-corrected chi connectivity index (χ3v) is 12.6. The van der Waals surface area contributed by atoms with Gasteiger partial charge in [-0.15, -0.1) is 0 Å². The van der Waals surface area contributed by atoms with Gasteiger partial charge in [0, 0.05) is 11.1 Å². The maximum atomic E-state index is 6.79. The lowest BCUT2D eigenvalue weighted by molar-refractivity contribution is 0.436. The van der Waals surface area contributed by atoms with E-state index in [1.165, 1.54) is 88.7 Å². The van der Waals surface area contributed by atoms with E-state index in [0.717, 1.165) is 11.5 Å². The number of fused-ring (bicyclic) bond motifs is 14. The van der Waals surface area contributed by atoms with Crippen molar-refractivity contribution in [2.45, 2.75) is 10.8 Å². The summed E-state index contributed by atoms with van der Waals surface area (Å²) in [7, 11) is 0. The zero-order chi connectivity index (χ0) is 36.1. The van der Waals surface area contributed by atoms with Crippen LogP contribution in [0.1, 0.15) is 44.5 Å². The van der Waals surface area contributed by atoms with Crippen LogP contribution in [0.3, 0.4) is 0 Å². The monoisotopic (exact) mass is 698 g/mol. The molecular weight excluding hydrogens is 665 g/mol. The third-order valence-electron chi connectivity index (χ3n) is 12.6. The van der Waals surface area contributed by atoms with Crippen LogP contribution in [0.4, 0.5) is 0 Å². The molecule has 0 amide bonds. The zero-order valence-electron chi connectivity index (χ0n) is 30.0. The zero-order valence-corrected chi connectivity index (χ0v) is 30.0. The molecule has 0 saturated carbocycles. The van der Waals surface area contributed by atoms with E-state index in [-0.39, 0.29) is 0 Å². The molecule has 9 aromatic rings. The van der Waals surface area contributed by atoms with E-state index in [1.54, 1.807) is 0 Å². The first-order valence-electron chi connectivity index (χ1n) is 19.2. The molecule has 55 heavy (non-hydrogen) atoms. The summed E-state index contributed by atoms with van der Waals surface area (Å²) < 4.78 is 6.79. The number of ether oxygens (including phenoxy) is 1. The molecule has 0 N–H and O–H groups in total. The quantitative estimate of drug-likeness (QED) is 0.178.